The van der Waals surface area contributed by atoms with Crippen LogP contribution >= 0.6 is 0 Å². The van der Waals surface area contributed by atoms with Gasteiger partial charge in [0.15, 0.2) is 0 Å². The van der Waals surface area contributed by atoms with Crippen molar-refractivity contribution in [2.75, 3.05) is 18.9 Å². The number of anilines is 1. The van der Waals surface area contributed by atoms with Gasteiger partial charge in [0.2, 0.25) is 0 Å². The van der Waals surface area contributed by atoms with E-state index in [1.165, 1.54) is 18.4 Å². The molecule has 2 aromatic rings. The van der Waals surface area contributed by atoms with E-state index < -0.39 is 0 Å². The summed E-state index contributed by atoms with van der Waals surface area (Å²) in [4.78, 5) is 4.78. The minimum Gasteiger partial charge on any atom is -0.399 e. The predicted octanol–water partition coefficient (Wildman–Crippen LogP) is 3.17. The summed E-state index contributed by atoms with van der Waals surface area (Å²) < 4.78 is 7.97. The summed E-state index contributed by atoms with van der Waals surface area (Å²) in [5, 5.41) is 0. The summed E-state index contributed by atoms with van der Waals surface area (Å²) in [5.74, 6) is 2.15. The lowest BCUT2D eigenvalue weighted by atomic mass is 10.0. The van der Waals surface area contributed by atoms with Crippen molar-refractivity contribution in [1.29, 1.82) is 0 Å². The summed E-state index contributed by atoms with van der Waals surface area (Å²) in [6, 6.07) is 6.02. The number of nitrogen functional groups attached to an aromatic ring is 1. The Hall–Kier alpha value is -1.55. The second-order valence-electron chi connectivity index (χ2n) is 6.07. The van der Waals surface area contributed by atoms with Crippen LogP contribution in [0, 0.1) is 5.92 Å². The van der Waals surface area contributed by atoms with Crippen molar-refractivity contribution in [3.05, 3.63) is 24.0 Å². The summed E-state index contributed by atoms with van der Waals surface area (Å²) in [7, 11) is 0. The van der Waals surface area contributed by atoms with E-state index in [0.717, 1.165) is 36.8 Å². The maximum atomic E-state index is 5.87. The molecule has 0 saturated carbocycles. The van der Waals surface area contributed by atoms with Gasteiger partial charge < -0.3 is 15.0 Å². The average Bonchev–Trinajstić information content (AvgIpc) is 2.78. The van der Waals surface area contributed by atoms with E-state index in [0.29, 0.717) is 11.8 Å². The van der Waals surface area contributed by atoms with Crippen molar-refractivity contribution in [1.82, 2.24) is 9.55 Å². The highest BCUT2D eigenvalue weighted by Crippen LogP contribution is 2.26. The molecular weight excluding hydrogens is 250 g/mol. The largest absolute Gasteiger partial charge is 0.399 e. The number of benzene rings is 1. The molecule has 0 amide bonds. The van der Waals surface area contributed by atoms with Crippen LogP contribution < -0.4 is 5.73 Å². The van der Waals surface area contributed by atoms with E-state index in [9.17, 15) is 0 Å². The SMILES string of the molecule is CC(C)c1nc2cc(N)ccc2n1CC1CCCOC1. The molecule has 0 aliphatic carbocycles. The van der Waals surface area contributed by atoms with Gasteiger partial charge >= 0.3 is 0 Å². The van der Waals surface area contributed by atoms with Crippen LogP contribution in [0.25, 0.3) is 11.0 Å². The van der Waals surface area contributed by atoms with Crippen molar-refractivity contribution in [3.63, 3.8) is 0 Å². The summed E-state index contributed by atoms with van der Waals surface area (Å²) in [5.41, 5.74) is 8.84. The van der Waals surface area contributed by atoms with Gasteiger partial charge in [0, 0.05) is 30.7 Å². The van der Waals surface area contributed by atoms with Crippen molar-refractivity contribution in [2.24, 2.45) is 5.92 Å². The zero-order valence-electron chi connectivity index (χ0n) is 12.3. The van der Waals surface area contributed by atoms with Gasteiger partial charge in [0.05, 0.1) is 17.6 Å². The van der Waals surface area contributed by atoms with E-state index in [2.05, 4.69) is 24.5 Å². The molecule has 1 fully saturated rings. The molecule has 1 aliphatic heterocycles. The van der Waals surface area contributed by atoms with Crippen molar-refractivity contribution < 1.29 is 4.74 Å². The first-order valence-corrected chi connectivity index (χ1v) is 7.48. The van der Waals surface area contributed by atoms with E-state index in [1.807, 2.05) is 12.1 Å². The van der Waals surface area contributed by atoms with Gasteiger partial charge in [-0.2, -0.15) is 0 Å². The molecule has 108 valence electrons. The zero-order valence-corrected chi connectivity index (χ0v) is 12.3. The van der Waals surface area contributed by atoms with Crippen LogP contribution in [0.4, 0.5) is 5.69 Å². The first kappa shape index (κ1) is 13.4. The highest BCUT2D eigenvalue weighted by atomic mass is 16.5. The molecule has 4 nitrogen and oxygen atoms in total. The van der Waals surface area contributed by atoms with E-state index in [1.54, 1.807) is 0 Å². The van der Waals surface area contributed by atoms with Crippen LogP contribution in [0.2, 0.25) is 0 Å². The van der Waals surface area contributed by atoms with Crippen molar-refractivity contribution in [3.8, 4) is 0 Å². The fourth-order valence-electron chi connectivity index (χ4n) is 3.01. The normalized spacial score (nSPS) is 19.9. The standard InChI is InChI=1S/C16H23N3O/c1-11(2)16-18-14-8-13(17)5-6-15(14)19(16)9-12-4-3-7-20-10-12/h5-6,8,11-12H,3-4,7,9-10,17H2,1-2H3. The monoisotopic (exact) mass is 273 g/mol. The number of hydrogen-bond donors (Lipinski definition) is 1. The minimum absolute atomic E-state index is 0.410. The van der Waals surface area contributed by atoms with Crippen LogP contribution in [-0.4, -0.2) is 22.8 Å². The van der Waals surface area contributed by atoms with E-state index in [4.69, 9.17) is 15.5 Å². The van der Waals surface area contributed by atoms with Gasteiger partial charge in [-0.15, -0.1) is 0 Å². The Morgan fingerprint density at radius 1 is 1.45 bits per heavy atom. The van der Waals surface area contributed by atoms with Crippen LogP contribution in [0.15, 0.2) is 18.2 Å². The Labute approximate surface area is 119 Å². The first-order chi connectivity index (χ1) is 9.65. The highest BCUT2D eigenvalue weighted by molar-refractivity contribution is 5.79. The lowest BCUT2D eigenvalue weighted by Gasteiger charge is -2.24. The Morgan fingerprint density at radius 3 is 3.00 bits per heavy atom. The number of imidazole rings is 1. The Morgan fingerprint density at radius 2 is 2.30 bits per heavy atom. The van der Waals surface area contributed by atoms with E-state index >= 15 is 0 Å². The maximum Gasteiger partial charge on any atom is 0.112 e. The predicted molar refractivity (Wildman–Crippen MR) is 81.8 cm³/mol. The fraction of sp³-hybridized carbons (Fsp3) is 0.562. The Bertz CT molecular complexity index is 597. The zero-order chi connectivity index (χ0) is 14.1. The molecule has 2 heterocycles. The highest BCUT2D eigenvalue weighted by Gasteiger charge is 2.19. The number of fused-ring (bicyclic) bond motifs is 1. The van der Waals surface area contributed by atoms with Gasteiger partial charge in [0.25, 0.3) is 0 Å². The number of nitrogens with zero attached hydrogens (tertiary/aromatic N) is 2. The number of rotatable bonds is 3. The first-order valence-electron chi connectivity index (χ1n) is 7.48. The minimum atomic E-state index is 0.410. The average molecular weight is 273 g/mol. The van der Waals surface area contributed by atoms with Gasteiger partial charge in [-0.1, -0.05) is 13.8 Å². The quantitative estimate of drug-likeness (QED) is 0.874. The lowest BCUT2D eigenvalue weighted by molar-refractivity contribution is 0.0484. The van der Waals surface area contributed by atoms with Gasteiger partial charge in [-0.25, -0.2) is 4.98 Å². The van der Waals surface area contributed by atoms with Crippen LogP contribution in [-0.2, 0) is 11.3 Å². The number of ether oxygens (including phenoxy) is 1. The third kappa shape index (κ3) is 2.52. The molecule has 1 atom stereocenters. The number of aromatic nitrogens is 2. The second kappa shape index (κ2) is 5.44. The maximum absolute atomic E-state index is 5.87. The topological polar surface area (TPSA) is 53.1 Å². The van der Waals surface area contributed by atoms with Crippen molar-refractivity contribution >= 4 is 16.7 Å². The third-order valence-corrected chi connectivity index (χ3v) is 4.01. The molecule has 1 unspecified atom stereocenters. The van der Waals surface area contributed by atoms with Crippen LogP contribution in [0.1, 0.15) is 38.4 Å². The molecule has 20 heavy (non-hydrogen) atoms. The smallest absolute Gasteiger partial charge is 0.112 e. The van der Waals surface area contributed by atoms with Gasteiger partial charge in [-0.05, 0) is 31.0 Å². The molecule has 1 saturated heterocycles. The van der Waals surface area contributed by atoms with Crippen molar-refractivity contribution in [2.45, 2.75) is 39.2 Å². The third-order valence-electron chi connectivity index (χ3n) is 4.01. The van der Waals surface area contributed by atoms with Crippen LogP contribution in [0.5, 0.6) is 0 Å². The molecule has 3 rings (SSSR count). The molecule has 0 radical (unpaired) electrons. The molecular formula is C16H23N3O. The second-order valence-corrected chi connectivity index (χ2v) is 6.07. The number of nitrogens with two attached hydrogens (primary N) is 1. The summed E-state index contributed by atoms with van der Waals surface area (Å²) in [6.07, 6.45) is 2.41. The molecule has 2 N–H and O–H groups in total. The van der Waals surface area contributed by atoms with Crippen LogP contribution in [0.3, 0.4) is 0 Å². The summed E-state index contributed by atoms with van der Waals surface area (Å²) in [6.45, 7) is 7.16. The van der Waals surface area contributed by atoms with Gasteiger partial charge in [0.1, 0.15) is 5.82 Å². The fourth-order valence-corrected chi connectivity index (χ4v) is 3.01. The molecule has 4 heteroatoms. The van der Waals surface area contributed by atoms with E-state index in [-0.39, 0.29) is 0 Å². The molecule has 0 spiro atoms. The molecule has 1 aromatic heterocycles. The van der Waals surface area contributed by atoms with Gasteiger partial charge in [-0.3, -0.25) is 0 Å². The number of hydrogen-bond acceptors (Lipinski definition) is 3. The Kier molecular flexibility index (Phi) is 3.66. The molecule has 1 aliphatic rings. The summed E-state index contributed by atoms with van der Waals surface area (Å²) >= 11 is 0. The lowest BCUT2D eigenvalue weighted by Crippen LogP contribution is -2.23. The molecule has 0 bridgehead atoms. The Balaban J connectivity index is 1.99. The molecule has 1 aromatic carbocycles.